The lowest BCUT2D eigenvalue weighted by molar-refractivity contribution is -0.159. The molecule has 6 aliphatic rings. The highest BCUT2D eigenvalue weighted by atomic mass is 16.5. The summed E-state index contributed by atoms with van der Waals surface area (Å²) in [6, 6.07) is 7.94. The van der Waals surface area contributed by atoms with E-state index in [1.165, 1.54) is 89.9 Å². The Bertz CT molecular complexity index is 2350. The second-order valence-electron chi connectivity index (χ2n) is 19.7. The lowest BCUT2D eigenvalue weighted by Crippen LogP contribution is -2.35. The third-order valence-electron chi connectivity index (χ3n) is 15.2. The van der Waals surface area contributed by atoms with Crippen LogP contribution in [0.1, 0.15) is 89.9 Å². The van der Waals surface area contributed by atoms with E-state index in [0.717, 1.165) is 107 Å². The number of ether oxygens (including phenoxy) is 4. The van der Waals surface area contributed by atoms with E-state index in [2.05, 4.69) is 40.8 Å². The summed E-state index contributed by atoms with van der Waals surface area (Å²) in [4.78, 5) is 63.0. The third kappa shape index (κ3) is 17.5. The van der Waals surface area contributed by atoms with Crippen LogP contribution in [-0.4, -0.2) is 164 Å². The van der Waals surface area contributed by atoms with Crippen molar-refractivity contribution in [2.75, 3.05) is 91.6 Å². The molecule has 0 atom stereocenters. The Morgan fingerprint density at radius 1 is 0.494 bits per heavy atom. The fraction of sp³-hybridized carbons (Fsp3) is 0.593. The fourth-order valence-corrected chi connectivity index (χ4v) is 10.8. The van der Waals surface area contributed by atoms with Gasteiger partial charge in [0, 0.05) is 71.4 Å². The summed E-state index contributed by atoms with van der Waals surface area (Å²) >= 11 is 0. The molecular formula is C54H78N8O15. The van der Waals surface area contributed by atoms with Gasteiger partial charge in [-0.2, -0.15) is 10.2 Å². The summed E-state index contributed by atoms with van der Waals surface area (Å²) in [5.74, 6) is 2.22. The first-order valence-corrected chi connectivity index (χ1v) is 26.1. The third-order valence-corrected chi connectivity index (χ3v) is 15.2. The van der Waals surface area contributed by atoms with Crippen molar-refractivity contribution in [1.29, 1.82) is 0 Å². The van der Waals surface area contributed by atoms with Gasteiger partial charge in [0.1, 0.15) is 11.6 Å². The molecule has 23 heteroatoms. The largest absolute Gasteiger partial charge is 0.493 e. The number of piperidine rings is 2. The minimum absolute atomic E-state index is 0. The zero-order chi connectivity index (χ0) is 55.3. The van der Waals surface area contributed by atoms with Crippen LogP contribution in [0.25, 0.3) is 21.5 Å². The van der Waals surface area contributed by atoms with Crippen molar-refractivity contribution in [3.8, 4) is 23.0 Å². The van der Waals surface area contributed by atoms with Gasteiger partial charge in [-0.3, -0.25) is 9.59 Å². The number of anilines is 2. The van der Waals surface area contributed by atoms with Gasteiger partial charge in [-0.05, 0) is 153 Å². The second kappa shape index (κ2) is 31.3. The molecule has 4 aliphatic carbocycles. The predicted molar refractivity (Wildman–Crippen MR) is 287 cm³/mol. The highest BCUT2D eigenvalue weighted by molar-refractivity contribution is 6.27. The lowest BCUT2D eigenvalue weighted by Gasteiger charge is -2.33. The van der Waals surface area contributed by atoms with Crippen LogP contribution in [-0.2, 0) is 28.8 Å². The summed E-state index contributed by atoms with van der Waals surface area (Å²) in [7, 11) is 10.6. The molecule has 4 heterocycles. The van der Waals surface area contributed by atoms with Gasteiger partial charge in [-0.1, -0.05) is 0 Å². The van der Waals surface area contributed by atoms with Crippen molar-refractivity contribution in [3.05, 3.63) is 36.7 Å². The second-order valence-corrected chi connectivity index (χ2v) is 19.7. The first-order chi connectivity index (χ1) is 36.6. The van der Waals surface area contributed by atoms with Gasteiger partial charge in [0.25, 0.3) is 0 Å². The minimum atomic E-state index is -1.82. The smallest absolute Gasteiger partial charge is 0.414 e. The van der Waals surface area contributed by atoms with Crippen molar-refractivity contribution in [1.82, 2.24) is 31.0 Å². The summed E-state index contributed by atoms with van der Waals surface area (Å²) in [6.07, 6.45) is 20.4. The van der Waals surface area contributed by atoms with Crippen LogP contribution in [0.3, 0.4) is 0 Å². The number of rotatable bonds is 12. The van der Waals surface area contributed by atoms with E-state index in [0.29, 0.717) is 35.2 Å². The number of methoxy groups -OCH3 is 4. The summed E-state index contributed by atoms with van der Waals surface area (Å²) < 4.78 is 21.7. The monoisotopic (exact) mass is 1080 g/mol. The molecule has 77 heavy (non-hydrogen) atoms. The van der Waals surface area contributed by atoms with Gasteiger partial charge >= 0.3 is 23.9 Å². The standard InChI is InChI=1S/2C18H26N4O2.2C7H10O.2C2H2O4.H2O/c2*1-19-7-4-13-5-8-22(9-6-13)18-15-11-17(24-3)16(23-2)10-14(15)12-20-21-18;2*8-7-5-1-2-6(7)4-3-5;2*3-1(4)2(5)6;/h2*10-13,19H,4-9H2,1-3H3;2*5-6H,1-4H2;2*(H,3,4)(H,5,6);1H2. The topological polar surface area (TPSA) is 334 Å². The average Bonchev–Trinajstić information content (AvgIpc) is 4.20. The van der Waals surface area contributed by atoms with Crippen LogP contribution in [0.4, 0.5) is 11.6 Å². The van der Waals surface area contributed by atoms with Crippen LogP contribution < -0.4 is 39.4 Å². The number of Topliss-reactive ketones (excluding diaryl/α,β-unsaturated/α-hetero) is 2. The molecule has 4 bridgehead atoms. The molecule has 0 spiro atoms. The number of aliphatic carboxylic acids is 4. The first kappa shape index (κ1) is 62.6. The normalized spacial score (nSPS) is 20.0. The van der Waals surface area contributed by atoms with Gasteiger partial charge in [-0.25, -0.2) is 19.2 Å². The molecule has 23 nitrogen and oxygen atoms in total. The molecule has 2 aromatic carbocycles. The molecule has 4 aromatic rings. The number of carboxylic acid groups (broad SMARTS) is 4. The zero-order valence-corrected chi connectivity index (χ0v) is 45.1. The maximum atomic E-state index is 11.0. The van der Waals surface area contributed by atoms with Gasteiger partial charge < -0.3 is 65.3 Å². The van der Waals surface area contributed by atoms with E-state index in [1.54, 1.807) is 40.8 Å². The van der Waals surface area contributed by atoms with Crippen molar-refractivity contribution in [3.63, 3.8) is 0 Å². The lowest BCUT2D eigenvalue weighted by atomic mass is 9.93. The molecule has 6 fully saturated rings. The van der Waals surface area contributed by atoms with Crippen LogP contribution in [0.2, 0.25) is 0 Å². The number of hydrogen-bond donors (Lipinski definition) is 6. The Balaban J connectivity index is 0.000000221. The van der Waals surface area contributed by atoms with Crippen LogP contribution in [0.5, 0.6) is 23.0 Å². The minimum Gasteiger partial charge on any atom is -0.493 e. The van der Waals surface area contributed by atoms with E-state index in [4.69, 9.17) is 58.6 Å². The SMILES string of the molecule is CNCCC1CCN(c2nncc3cc(OC)c(OC)cc23)CC1.CNCCC1CCN(c2nncc3cc(OC)c(OC)cc23)CC1.O.O=C(O)C(=O)O.O=C(O)C(=O)O.O=C1C2CCC1CC2.O=C1C2CCC1CC2. The van der Waals surface area contributed by atoms with E-state index in [1.807, 2.05) is 38.4 Å². The Kier molecular flexibility index (Phi) is 25.4. The van der Waals surface area contributed by atoms with Crippen molar-refractivity contribution in [2.45, 2.75) is 89.9 Å². The Labute approximate surface area is 448 Å². The van der Waals surface area contributed by atoms with E-state index >= 15 is 0 Å². The predicted octanol–water partition coefficient (Wildman–Crippen LogP) is 5.18. The maximum Gasteiger partial charge on any atom is 0.414 e. The van der Waals surface area contributed by atoms with Gasteiger partial charge in [-0.15, -0.1) is 10.2 Å². The number of aromatic nitrogens is 4. The first-order valence-electron chi connectivity index (χ1n) is 26.1. The fourth-order valence-electron chi connectivity index (χ4n) is 10.8. The number of hydrogen-bond acceptors (Lipinski definition) is 18. The molecule has 2 aromatic heterocycles. The molecule has 2 aliphatic heterocycles. The number of fused-ring (bicyclic) bond motifs is 6. The molecule has 8 N–H and O–H groups in total. The number of nitrogens with one attached hydrogen (secondary N) is 2. The summed E-state index contributed by atoms with van der Waals surface area (Å²) in [5.41, 5.74) is 0. The molecule has 0 amide bonds. The van der Waals surface area contributed by atoms with Gasteiger partial charge in [0.15, 0.2) is 34.6 Å². The Morgan fingerprint density at radius 2 is 0.766 bits per heavy atom. The number of carbonyl (C=O) groups is 6. The van der Waals surface area contributed by atoms with Gasteiger partial charge in [0.05, 0.1) is 40.8 Å². The number of carbonyl (C=O) groups excluding carboxylic acids is 2. The quantitative estimate of drug-likeness (QED) is 0.0995. The van der Waals surface area contributed by atoms with E-state index in [-0.39, 0.29) is 5.48 Å². The number of benzene rings is 2. The van der Waals surface area contributed by atoms with Gasteiger partial charge in [0.2, 0.25) is 0 Å². The van der Waals surface area contributed by atoms with Crippen LogP contribution in [0.15, 0.2) is 36.7 Å². The number of nitrogens with zero attached hydrogens (tertiary/aromatic N) is 6. The molecule has 0 radical (unpaired) electrons. The summed E-state index contributed by atoms with van der Waals surface area (Å²) in [5, 5.41) is 57.4. The molecule has 424 valence electrons. The molecule has 2 saturated heterocycles. The molecular weight excluding hydrogens is 1000 g/mol. The number of ketones is 2. The highest BCUT2D eigenvalue weighted by Crippen LogP contribution is 2.42. The Hall–Kier alpha value is -6.98. The maximum absolute atomic E-state index is 11.0. The number of carboxylic acids is 4. The average molecular weight is 1080 g/mol. The molecule has 0 unspecified atom stereocenters. The van der Waals surface area contributed by atoms with Crippen molar-refractivity contribution >= 4 is 68.6 Å². The summed E-state index contributed by atoms with van der Waals surface area (Å²) in [6.45, 7) is 6.28. The van der Waals surface area contributed by atoms with Crippen molar-refractivity contribution < 1.29 is 73.6 Å². The molecule has 4 saturated carbocycles. The van der Waals surface area contributed by atoms with Crippen LogP contribution in [0, 0.1) is 35.5 Å². The van der Waals surface area contributed by atoms with E-state index < -0.39 is 23.9 Å². The molecule has 10 rings (SSSR count). The van der Waals surface area contributed by atoms with Crippen LogP contribution >= 0.6 is 0 Å². The Morgan fingerprint density at radius 3 is 0.987 bits per heavy atom. The van der Waals surface area contributed by atoms with Crippen molar-refractivity contribution in [2.24, 2.45) is 35.5 Å². The zero-order valence-electron chi connectivity index (χ0n) is 45.1. The van der Waals surface area contributed by atoms with E-state index in [9.17, 15) is 9.59 Å². The highest BCUT2D eigenvalue weighted by Gasteiger charge is 2.40.